The average molecular weight is 446 g/mol. The van der Waals surface area contributed by atoms with Crippen LogP contribution in [-0.4, -0.2) is 69.7 Å². The van der Waals surface area contributed by atoms with Crippen molar-refractivity contribution in [2.75, 3.05) is 37.3 Å². The van der Waals surface area contributed by atoms with Gasteiger partial charge in [-0.3, -0.25) is 14.8 Å². The number of amides is 1. The quantitative estimate of drug-likeness (QED) is 0.459. The summed E-state index contributed by atoms with van der Waals surface area (Å²) in [7, 11) is 2.12. The number of rotatable bonds is 8. The predicted octanol–water partition coefficient (Wildman–Crippen LogP) is 3.67. The lowest BCUT2D eigenvalue weighted by molar-refractivity contribution is -0.125. The Hall–Kier alpha value is -3.39. The number of likely N-dealkylation sites (N-methyl/N-ethyl adjacent to an activating group) is 1. The fourth-order valence-electron chi connectivity index (χ4n) is 4.31. The molecule has 0 bridgehead atoms. The lowest BCUT2D eigenvalue weighted by Gasteiger charge is -2.16. The molecule has 1 amide bonds. The highest BCUT2D eigenvalue weighted by Crippen LogP contribution is 2.31. The van der Waals surface area contributed by atoms with Crippen LogP contribution < -0.4 is 10.6 Å². The summed E-state index contributed by atoms with van der Waals surface area (Å²) in [5.41, 5.74) is 3.89. The number of pyridine rings is 1. The van der Waals surface area contributed by atoms with Crippen LogP contribution in [0.5, 0.6) is 0 Å². The smallest absolute Gasteiger partial charge is 0.246 e. The number of likely N-dealkylation sites (tertiary alicyclic amines) is 1. The van der Waals surface area contributed by atoms with Crippen LogP contribution in [0.1, 0.15) is 24.8 Å². The molecule has 3 heterocycles. The molecule has 1 saturated carbocycles. The van der Waals surface area contributed by atoms with E-state index in [-0.39, 0.29) is 11.9 Å². The van der Waals surface area contributed by atoms with Gasteiger partial charge in [0.2, 0.25) is 5.91 Å². The summed E-state index contributed by atoms with van der Waals surface area (Å²) in [4.78, 5) is 21.2. The van der Waals surface area contributed by atoms with Crippen molar-refractivity contribution in [2.24, 2.45) is 0 Å². The van der Waals surface area contributed by atoms with E-state index in [9.17, 15) is 4.79 Å². The number of benzene rings is 1. The van der Waals surface area contributed by atoms with E-state index in [1.54, 1.807) is 12.3 Å². The van der Waals surface area contributed by atoms with Crippen LogP contribution in [0, 0.1) is 6.92 Å². The van der Waals surface area contributed by atoms with E-state index in [4.69, 9.17) is 0 Å². The molecule has 172 valence electrons. The van der Waals surface area contributed by atoms with Crippen LogP contribution in [0.2, 0.25) is 0 Å². The van der Waals surface area contributed by atoms with Crippen LogP contribution in [0.25, 0.3) is 11.0 Å². The summed E-state index contributed by atoms with van der Waals surface area (Å²) in [6, 6.07) is 11.1. The largest absolute Gasteiger partial charge is 0.363 e. The zero-order valence-electron chi connectivity index (χ0n) is 19.2. The Morgan fingerprint density at radius 2 is 2.06 bits per heavy atom. The first-order valence-electron chi connectivity index (χ1n) is 11.7. The van der Waals surface area contributed by atoms with Crippen molar-refractivity contribution in [2.45, 2.75) is 38.3 Å². The van der Waals surface area contributed by atoms with Gasteiger partial charge in [0, 0.05) is 49.7 Å². The van der Waals surface area contributed by atoms with Crippen molar-refractivity contribution >= 4 is 34.1 Å². The molecule has 1 aromatic carbocycles. The first kappa shape index (κ1) is 21.5. The van der Waals surface area contributed by atoms with Gasteiger partial charge in [-0.15, -0.1) is 0 Å². The molecule has 1 atom stereocenters. The SMILES string of the molecule is Cc1ccc(Nc2ccnc3[nH]nc(N[C@@H]4CCN(C(=O)/C=C/CN(C)C5CC5)C4)c23)cc1. The number of carbonyl (C=O) groups excluding carboxylic acids is 1. The molecule has 33 heavy (non-hydrogen) atoms. The maximum absolute atomic E-state index is 12.6. The van der Waals surface area contributed by atoms with E-state index in [2.05, 4.69) is 69.0 Å². The zero-order valence-corrected chi connectivity index (χ0v) is 19.2. The number of fused-ring (bicyclic) bond motifs is 1. The lowest BCUT2D eigenvalue weighted by Crippen LogP contribution is -2.30. The lowest BCUT2D eigenvalue weighted by atomic mass is 10.2. The maximum Gasteiger partial charge on any atom is 0.246 e. The van der Waals surface area contributed by atoms with E-state index < -0.39 is 0 Å². The fraction of sp³-hybridized carbons (Fsp3) is 0.400. The number of hydrogen-bond donors (Lipinski definition) is 3. The number of anilines is 3. The summed E-state index contributed by atoms with van der Waals surface area (Å²) in [5.74, 6) is 0.840. The number of aromatic amines is 1. The third kappa shape index (κ3) is 5.01. The molecule has 8 nitrogen and oxygen atoms in total. The van der Waals surface area contributed by atoms with Crippen molar-refractivity contribution in [3.05, 3.63) is 54.2 Å². The number of nitrogens with one attached hydrogen (secondary N) is 3. The standard InChI is InChI=1S/C25H31N7O/c1-17-5-7-18(8-6-17)27-21-11-13-26-24-23(21)25(30-29-24)28-19-12-15-32(16-19)22(33)4-3-14-31(2)20-9-10-20/h3-8,11,13,19-20H,9-10,12,14-16H2,1-2H3,(H3,26,27,28,29,30)/b4-3+/t19-/m1/s1. The van der Waals surface area contributed by atoms with Crippen molar-refractivity contribution in [1.82, 2.24) is 25.0 Å². The zero-order chi connectivity index (χ0) is 22.8. The highest BCUT2D eigenvalue weighted by atomic mass is 16.2. The molecule has 2 fully saturated rings. The molecule has 0 spiro atoms. The molecule has 0 unspecified atom stereocenters. The second kappa shape index (κ2) is 9.23. The molecular formula is C25H31N7O. The number of carbonyl (C=O) groups is 1. The van der Waals surface area contributed by atoms with E-state index in [0.717, 1.165) is 47.7 Å². The van der Waals surface area contributed by atoms with Crippen molar-refractivity contribution in [3.8, 4) is 0 Å². The first-order valence-corrected chi connectivity index (χ1v) is 11.7. The van der Waals surface area contributed by atoms with E-state index in [1.165, 1.54) is 18.4 Å². The highest BCUT2D eigenvalue weighted by molar-refractivity contribution is 5.99. The second-order valence-electron chi connectivity index (χ2n) is 9.13. The monoisotopic (exact) mass is 445 g/mol. The number of aryl methyl sites for hydroxylation is 1. The minimum atomic E-state index is 0.0822. The Bertz CT molecular complexity index is 1150. The topological polar surface area (TPSA) is 89.2 Å². The summed E-state index contributed by atoms with van der Waals surface area (Å²) in [5, 5.41) is 15.4. The Morgan fingerprint density at radius 1 is 1.24 bits per heavy atom. The van der Waals surface area contributed by atoms with Crippen molar-refractivity contribution in [3.63, 3.8) is 0 Å². The summed E-state index contributed by atoms with van der Waals surface area (Å²) in [6.07, 6.45) is 8.91. The Morgan fingerprint density at radius 3 is 2.85 bits per heavy atom. The molecule has 2 aliphatic rings. The minimum absolute atomic E-state index is 0.0822. The predicted molar refractivity (Wildman–Crippen MR) is 132 cm³/mol. The summed E-state index contributed by atoms with van der Waals surface area (Å²) >= 11 is 0. The van der Waals surface area contributed by atoms with Crippen LogP contribution in [0.3, 0.4) is 0 Å². The summed E-state index contributed by atoms with van der Waals surface area (Å²) < 4.78 is 0. The molecule has 2 aromatic heterocycles. The highest BCUT2D eigenvalue weighted by Gasteiger charge is 2.27. The number of hydrogen-bond acceptors (Lipinski definition) is 6. The van der Waals surface area contributed by atoms with Gasteiger partial charge in [-0.05, 0) is 51.4 Å². The van der Waals surface area contributed by atoms with Crippen LogP contribution in [0.15, 0.2) is 48.7 Å². The minimum Gasteiger partial charge on any atom is -0.363 e. The van der Waals surface area contributed by atoms with Crippen LogP contribution >= 0.6 is 0 Å². The normalized spacial score (nSPS) is 18.5. The van der Waals surface area contributed by atoms with Crippen LogP contribution in [-0.2, 0) is 4.79 Å². The molecule has 0 radical (unpaired) electrons. The molecule has 3 aromatic rings. The Kier molecular flexibility index (Phi) is 6.00. The first-order chi connectivity index (χ1) is 16.1. The Balaban J connectivity index is 1.23. The number of aromatic nitrogens is 3. The van der Waals surface area contributed by atoms with E-state index >= 15 is 0 Å². The summed E-state index contributed by atoms with van der Waals surface area (Å²) in [6.45, 7) is 4.31. The fourth-order valence-corrected chi connectivity index (χ4v) is 4.31. The van der Waals surface area contributed by atoms with Crippen molar-refractivity contribution in [1.29, 1.82) is 0 Å². The van der Waals surface area contributed by atoms with Gasteiger partial charge in [-0.25, -0.2) is 4.98 Å². The van der Waals surface area contributed by atoms with Gasteiger partial charge in [-0.2, -0.15) is 5.10 Å². The maximum atomic E-state index is 12.6. The third-order valence-electron chi connectivity index (χ3n) is 6.46. The van der Waals surface area contributed by atoms with Gasteiger partial charge in [0.1, 0.15) is 0 Å². The molecule has 1 aliphatic carbocycles. The number of nitrogens with zero attached hydrogens (tertiary/aromatic N) is 4. The van der Waals surface area contributed by atoms with Gasteiger partial charge in [0.05, 0.1) is 11.1 Å². The number of H-pyrrole nitrogens is 1. The van der Waals surface area contributed by atoms with Gasteiger partial charge < -0.3 is 15.5 Å². The molecule has 3 N–H and O–H groups in total. The third-order valence-corrected chi connectivity index (χ3v) is 6.46. The average Bonchev–Trinajstić information content (AvgIpc) is 3.43. The van der Waals surface area contributed by atoms with Gasteiger partial charge in [0.25, 0.3) is 0 Å². The van der Waals surface area contributed by atoms with Crippen molar-refractivity contribution < 1.29 is 4.79 Å². The molecule has 1 aliphatic heterocycles. The second-order valence-corrected chi connectivity index (χ2v) is 9.13. The molecule has 1 saturated heterocycles. The van der Waals surface area contributed by atoms with E-state index in [1.807, 2.05) is 17.0 Å². The van der Waals surface area contributed by atoms with Gasteiger partial charge in [0.15, 0.2) is 11.5 Å². The van der Waals surface area contributed by atoms with E-state index in [0.29, 0.717) is 12.6 Å². The van der Waals surface area contributed by atoms with Gasteiger partial charge >= 0.3 is 0 Å². The Labute approximate surface area is 194 Å². The molecule has 8 heteroatoms. The van der Waals surface area contributed by atoms with Gasteiger partial charge in [-0.1, -0.05) is 23.8 Å². The molecular weight excluding hydrogens is 414 g/mol. The molecule has 5 rings (SSSR count). The van der Waals surface area contributed by atoms with Crippen LogP contribution in [0.4, 0.5) is 17.2 Å².